The fourth-order valence-electron chi connectivity index (χ4n) is 2.16. The number of nitrogens with zero attached hydrogens (tertiary/aromatic N) is 3. The Hall–Kier alpha value is -2.70. The van der Waals surface area contributed by atoms with E-state index in [1.165, 1.54) is 0 Å². The first-order chi connectivity index (χ1) is 10.8. The molecule has 0 radical (unpaired) electrons. The number of carboxylic acid groups (broad SMARTS) is 1. The molecule has 2 N–H and O–H groups in total. The van der Waals surface area contributed by atoms with E-state index in [1.807, 2.05) is 13.8 Å². The Morgan fingerprint density at radius 1 is 1.22 bits per heavy atom. The molecule has 1 amide bonds. The van der Waals surface area contributed by atoms with Crippen molar-refractivity contribution in [2.75, 3.05) is 0 Å². The van der Waals surface area contributed by atoms with Crippen LogP contribution in [0, 0.1) is 5.92 Å². The van der Waals surface area contributed by atoms with Gasteiger partial charge in [-0.15, -0.1) is 10.2 Å². The average Bonchev–Trinajstić information content (AvgIpc) is 3.00. The molecule has 2 rings (SSSR count). The zero-order valence-electron chi connectivity index (χ0n) is 13.4. The predicted molar refractivity (Wildman–Crippen MR) is 84.3 cm³/mol. The molecule has 2 aromatic rings. The maximum Gasteiger partial charge on any atom is 0.305 e. The van der Waals surface area contributed by atoms with E-state index >= 15 is 0 Å². The maximum atomic E-state index is 12.4. The Morgan fingerprint density at radius 2 is 1.78 bits per heavy atom. The highest BCUT2D eigenvalue weighted by atomic mass is 16.4. The van der Waals surface area contributed by atoms with Crippen LogP contribution < -0.4 is 5.32 Å². The van der Waals surface area contributed by atoms with Crippen molar-refractivity contribution < 1.29 is 14.7 Å². The Labute approximate surface area is 134 Å². The Balaban J connectivity index is 2.15. The highest BCUT2D eigenvalue weighted by Crippen LogP contribution is 2.21. The van der Waals surface area contributed by atoms with E-state index in [4.69, 9.17) is 5.11 Å². The predicted octanol–water partition coefficient (Wildman–Crippen LogP) is 1.89. The van der Waals surface area contributed by atoms with Gasteiger partial charge in [0.25, 0.3) is 5.91 Å². The van der Waals surface area contributed by atoms with Gasteiger partial charge >= 0.3 is 5.97 Å². The number of hydrogen-bond acceptors (Lipinski definition) is 4. The Bertz CT molecular complexity index is 680. The molecule has 0 spiro atoms. The first kappa shape index (κ1) is 16.7. The molecule has 0 saturated carbocycles. The summed E-state index contributed by atoms with van der Waals surface area (Å²) in [6.45, 7) is 5.52. The van der Waals surface area contributed by atoms with Crippen LogP contribution in [0.25, 0.3) is 5.69 Å². The van der Waals surface area contributed by atoms with Gasteiger partial charge < -0.3 is 10.4 Å². The number of amides is 1. The van der Waals surface area contributed by atoms with E-state index in [0.29, 0.717) is 5.56 Å². The molecule has 0 aliphatic carbocycles. The van der Waals surface area contributed by atoms with E-state index < -0.39 is 11.5 Å². The molecular formula is C16H20N4O3. The number of rotatable bonds is 6. The highest BCUT2D eigenvalue weighted by molar-refractivity contribution is 5.95. The number of carbonyl (C=O) groups is 2. The fourth-order valence-corrected chi connectivity index (χ4v) is 2.16. The molecule has 7 nitrogen and oxygen atoms in total. The van der Waals surface area contributed by atoms with Crippen LogP contribution in [0.2, 0.25) is 0 Å². The largest absolute Gasteiger partial charge is 0.481 e. The maximum absolute atomic E-state index is 12.4. The molecule has 1 heterocycles. The van der Waals surface area contributed by atoms with E-state index in [9.17, 15) is 9.59 Å². The lowest BCUT2D eigenvalue weighted by Crippen LogP contribution is -2.51. The second-order valence-electron chi connectivity index (χ2n) is 6.01. The van der Waals surface area contributed by atoms with Crippen molar-refractivity contribution in [2.45, 2.75) is 32.7 Å². The third-order valence-corrected chi connectivity index (χ3v) is 4.04. The average molecular weight is 316 g/mol. The van der Waals surface area contributed by atoms with Gasteiger partial charge in [0, 0.05) is 11.3 Å². The molecule has 0 aliphatic heterocycles. The zero-order valence-corrected chi connectivity index (χ0v) is 13.4. The van der Waals surface area contributed by atoms with Crippen molar-refractivity contribution in [3.63, 3.8) is 0 Å². The number of hydrogen-bond donors (Lipinski definition) is 2. The van der Waals surface area contributed by atoms with Gasteiger partial charge in [-0.1, -0.05) is 13.8 Å². The van der Waals surface area contributed by atoms with Crippen molar-refractivity contribution in [2.24, 2.45) is 5.92 Å². The van der Waals surface area contributed by atoms with Crippen LogP contribution in [0.15, 0.2) is 36.9 Å². The van der Waals surface area contributed by atoms with Crippen LogP contribution in [0.1, 0.15) is 37.6 Å². The molecule has 23 heavy (non-hydrogen) atoms. The number of nitrogens with one attached hydrogen (secondary N) is 1. The minimum atomic E-state index is -0.940. The summed E-state index contributed by atoms with van der Waals surface area (Å²) in [5, 5.41) is 19.4. The molecule has 122 valence electrons. The molecule has 0 saturated heterocycles. The molecule has 0 aliphatic rings. The number of benzene rings is 1. The summed E-state index contributed by atoms with van der Waals surface area (Å²) in [4.78, 5) is 23.5. The number of aromatic nitrogens is 3. The first-order valence-electron chi connectivity index (χ1n) is 7.31. The number of aliphatic carboxylic acids is 1. The van der Waals surface area contributed by atoms with Gasteiger partial charge in [-0.3, -0.25) is 14.2 Å². The normalized spacial score (nSPS) is 13.6. The first-order valence-corrected chi connectivity index (χ1v) is 7.31. The lowest BCUT2D eigenvalue weighted by Gasteiger charge is -2.33. The zero-order chi connectivity index (χ0) is 17.0. The van der Waals surface area contributed by atoms with Gasteiger partial charge in [0.1, 0.15) is 12.7 Å². The number of carboxylic acids is 1. The van der Waals surface area contributed by atoms with Crippen molar-refractivity contribution >= 4 is 11.9 Å². The summed E-state index contributed by atoms with van der Waals surface area (Å²) in [5.74, 6) is -1.25. The lowest BCUT2D eigenvalue weighted by atomic mass is 9.85. The third-order valence-electron chi connectivity index (χ3n) is 4.04. The van der Waals surface area contributed by atoms with Crippen molar-refractivity contribution in [3.05, 3.63) is 42.5 Å². The Kier molecular flexibility index (Phi) is 4.78. The molecule has 1 unspecified atom stereocenters. The van der Waals surface area contributed by atoms with E-state index in [-0.39, 0.29) is 18.2 Å². The minimum Gasteiger partial charge on any atom is -0.481 e. The van der Waals surface area contributed by atoms with Crippen LogP contribution in [0.4, 0.5) is 0 Å². The summed E-state index contributed by atoms with van der Waals surface area (Å²) in [7, 11) is 0. The molecular weight excluding hydrogens is 296 g/mol. The lowest BCUT2D eigenvalue weighted by molar-refractivity contribution is -0.138. The molecule has 1 aromatic heterocycles. The summed E-state index contributed by atoms with van der Waals surface area (Å²) in [5.41, 5.74) is 0.498. The van der Waals surface area contributed by atoms with Gasteiger partial charge in [-0.2, -0.15) is 0 Å². The molecule has 1 aromatic carbocycles. The smallest absolute Gasteiger partial charge is 0.305 e. The monoisotopic (exact) mass is 316 g/mol. The van der Waals surface area contributed by atoms with Gasteiger partial charge in [-0.25, -0.2) is 0 Å². The van der Waals surface area contributed by atoms with Gasteiger partial charge in [-0.05, 0) is 37.1 Å². The standard InChI is InChI=1S/C16H20N4O3/c1-11(2)16(3,8-14(21)22)19-15(23)12-4-6-13(7-5-12)20-9-17-18-10-20/h4-7,9-11H,8H2,1-3H3,(H,19,23)(H,21,22). The van der Waals surface area contributed by atoms with Crippen LogP contribution in [-0.4, -0.2) is 37.3 Å². The summed E-state index contributed by atoms with van der Waals surface area (Å²) in [6.07, 6.45) is 3.00. The van der Waals surface area contributed by atoms with Crippen LogP contribution >= 0.6 is 0 Å². The molecule has 1 atom stereocenters. The van der Waals surface area contributed by atoms with E-state index in [1.54, 1.807) is 48.4 Å². The quantitative estimate of drug-likeness (QED) is 0.848. The second-order valence-corrected chi connectivity index (χ2v) is 6.01. The van der Waals surface area contributed by atoms with E-state index in [0.717, 1.165) is 5.69 Å². The fraction of sp³-hybridized carbons (Fsp3) is 0.375. The Morgan fingerprint density at radius 3 is 2.26 bits per heavy atom. The summed E-state index contributed by atoms with van der Waals surface area (Å²) < 4.78 is 1.73. The highest BCUT2D eigenvalue weighted by Gasteiger charge is 2.33. The van der Waals surface area contributed by atoms with Crippen LogP contribution in [0.3, 0.4) is 0 Å². The topological polar surface area (TPSA) is 97.1 Å². The van der Waals surface area contributed by atoms with Crippen LogP contribution in [-0.2, 0) is 4.79 Å². The van der Waals surface area contributed by atoms with Crippen molar-refractivity contribution in [3.8, 4) is 5.69 Å². The molecule has 7 heteroatoms. The molecule has 0 bridgehead atoms. The minimum absolute atomic E-state index is 0.0150. The SMILES string of the molecule is CC(C)C(C)(CC(=O)O)NC(=O)c1ccc(-n2cnnc2)cc1. The van der Waals surface area contributed by atoms with Crippen LogP contribution in [0.5, 0.6) is 0 Å². The van der Waals surface area contributed by atoms with Gasteiger partial charge in [0.05, 0.1) is 12.0 Å². The summed E-state index contributed by atoms with van der Waals surface area (Å²) >= 11 is 0. The summed E-state index contributed by atoms with van der Waals surface area (Å²) in [6, 6.07) is 6.93. The molecule has 0 fully saturated rings. The second kappa shape index (κ2) is 6.60. The van der Waals surface area contributed by atoms with Crippen molar-refractivity contribution in [1.29, 1.82) is 0 Å². The van der Waals surface area contributed by atoms with Gasteiger partial charge in [0.2, 0.25) is 0 Å². The van der Waals surface area contributed by atoms with Crippen molar-refractivity contribution in [1.82, 2.24) is 20.1 Å². The van der Waals surface area contributed by atoms with Gasteiger partial charge in [0.15, 0.2) is 0 Å². The van der Waals surface area contributed by atoms with E-state index in [2.05, 4.69) is 15.5 Å². The number of carbonyl (C=O) groups excluding carboxylic acids is 1. The third kappa shape index (κ3) is 3.94.